The number of hydrogen-bond donors (Lipinski definition) is 2. The molecule has 2 rings (SSSR count). The van der Waals surface area contributed by atoms with Gasteiger partial charge < -0.3 is 15.3 Å². The van der Waals surface area contributed by atoms with E-state index in [1.165, 1.54) is 9.78 Å². The largest absolute Gasteiger partial charge is 0.480 e. The number of nitrogens with one attached hydrogen (secondary N) is 1. The molecule has 1 aliphatic rings. The van der Waals surface area contributed by atoms with Gasteiger partial charge in [-0.15, -0.1) is 11.3 Å². The summed E-state index contributed by atoms with van der Waals surface area (Å²) in [5.74, 6) is 0.316. The van der Waals surface area contributed by atoms with Crippen LogP contribution in [0.3, 0.4) is 0 Å². The molecule has 2 unspecified atom stereocenters. The van der Waals surface area contributed by atoms with Crippen molar-refractivity contribution in [3.05, 3.63) is 22.4 Å². The molecule has 0 aromatic carbocycles. The van der Waals surface area contributed by atoms with Crippen molar-refractivity contribution >= 4 is 35.1 Å². The van der Waals surface area contributed by atoms with Crippen molar-refractivity contribution < 1.29 is 14.7 Å². The van der Waals surface area contributed by atoms with Gasteiger partial charge in [0.15, 0.2) is 0 Å². The first kappa shape index (κ1) is 15.2. The maximum Gasteiger partial charge on any atom is 0.327 e. The minimum Gasteiger partial charge on any atom is -0.480 e. The summed E-state index contributed by atoms with van der Waals surface area (Å²) in [4.78, 5) is 26.0. The Morgan fingerprint density at radius 1 is 1.60 bits per heavy atom. The fraction of sp³-hybridized carbons (Fsp3) is 0.538. The summed E-state index contributed by atoms with van der Waals surface area (Å²) in [6.07, 6.45) is 0.768. The predicted molar refractivity (Wildman–Crippen MR) is 81.5 cm³/mol. The zero-order valence-corrected chi connectivity index (χ0v) is 12.9. The molecule has 2 heterocycles. The average molecular weight is 314 g/mol. The van der Waals surface area contributed by atoms with Gasteiger partial charge in [-0.05, 0) is 18.4 Å². The first-order valence-corrected chi connectivity index (χ1v) is 8.51. The SMILES string of the molecule is CC(Cc1cccs1)NC(=O)N1CCSCC1C(=O)O. The Labute approximate surface area is 126 Å². The van der Waals surface area contributed by atoms with Crippen LogP contribution in [-0.4, -0.2) is 52.1 Å². The molecule has 5 nitrogen and oxygen atoms in total. The van der Waals surface area contributed by atoms with Gasteiger partial charge in [0, 0.05) is 35.4 Å². The molecular formula is C13H18N2O3S2. The van der Waals surface area contributed by atoms with Gasteiger partial charge in [-0.25, -0.2) is 9.59 Å². The van der Waals surface area contributed by atoms with Gasteiger partial charge in [0.2, 0.25) is 0 Å². The quantitative estimate of drug-likeness (QED) is 0.890. The molecule has 1 aromatic heterocycles. The molecule has 2 amide bonds. The first-order valence-electron chi connectivity index (χ1n) is 6.48. The Hall–Kier alpha value is -1.21. The molecule has 0 saturated carbocycles. The number of nitrogens with zero attached hydrogens (tertiary/aromatic N) is 1. The van der Waals surface area contributed by atoms with Gasteiger partial charge in [0.1, 0.15) is 6.04 Å². The number of thiophene rings is 1. The van der Waals surface area contributed by atoms with Crippen LogP contribution in [0, 0.1) is 0 Å². The van der Waals surface area contributed by atoms with Gasteiger partial charge in [-0.3, -0.25) is 0 Å². The van der Waals surface area contributed by atoms with E-state index in [9.17, 15) is 9.59 Å². The Balaban J connectivity index is 1.90. The van der Waals surface area contributed by atoms with Crippen LogP contribution in [0.4, 0.5) is 4.79 Å². The number of carboxylic acids is 1. The highest BCUT2D eigenvalue weighted by atomic mass is 32.2. The lowest BCUT2D eigenvalue weighted by Gasteiger charge is -2.33. The smallest absolute Gasteiger partial charge is 0.327 e. The molecule has 2 atom stereocenters. The lowest BCUT2D eigenvalue weighted by atomic mass is 10.2. The molecule has 2 N–H and O–H groups in total. The van der Waals surface area contributed by atoms with E-state index in [0.29, 0.717) is 12.3 Å². The number of carbonyl (C=O) groups is 2. The van der Waals surface area contributed by atoms with Crippen LogP contribution in [-0.2, 0) is 11.2 Å². The van der Waals surface area contributed by atoms with E-state index in [-0.39, 0.29) is 12.1 Å². The maximum absolute atomic E-state index is 12.2. The molecule has 110 valence electrons. The third-order valence-corrected chi connectivity index (χ3v) is 5.05. The van der Waals surface area contributed by atoms with Gasteiger partial charge in [-0.2, -0.15) is 11.8 Å². The van der Waals surface area contributed by atoms with Gasteiger partial charge in [-0.1, -0.05) is 6.07 Å². The number of carbonyl (C=O) groups excluding carboxylic acids is 1. The second-order valence-electron chi connectivity index (χ2n) is 4.76. The molecule has 20 heavy (non-hydrogen) atoms. The molecule has 0 aliphatic carbocycles. The van der Waals surface area contributed by atoms with E-state index in [2.05, 4.69) is 5.32 Å². The van der Waals surface area contributed by atoms with E-state index in [0.717, 1.165) is 12.2 Å². The van der Waals surface area contributed by atoms with Crippen LogP contribution >= 0.6 is 23.1 Å². The van der Waals surface area contributed by atoms with E-state index < -0.39 is 12.0 Å². The lowest BCUT2D eigenvalue weighted by Crippen LogP contribution is -2.55. The van der Waals surface area contributed by atoms with Crippen molar-refractivity contribution in [1.82, 2.24) is 10.2 Å². The van der Waals surface area contributed by atoms with E-state index in [4.69, 9.17) is 5.11 Å². The van der Waals surface area contributed by atoms with Crippen LogP contribution in [0.5, 0.6) is 0 Å². The van der Waals surface area contributed by atoms with Crippen molar-refractivity contribution in [2.24, 2.45) is 0 Å². The second kappa shape index (κ2) is 6.99. The third kappa shape index (κ3) is 3.89. The minimum atomic E-state index is -0.932. The standard InChI is InChI=1S/C13H18N2O3S2/c1-9(7-10-3-2-5-20-10)14-13(18)15-4-6-19-8-11(15)12(16)17/h2-3,5,9,11H,4,6-8H2,1H3,(H,14,18)(H,16,17). The second-order valence-corrected chi connectivity index (χ2v) is 6.94. The zero-order chi connectivity index (χ0) is 14.5. The molecule has 0 bridgehead atoms. The first-order chi connectivity index (χ1) is 9.58. The number of amides is 2. The van der Waals surface area contributed by atoms with E-state index in [1.807, 2.05) is 24.4 Å². The molecule has 0 spiro atoms. The molecule has 1 aromatic rings. The van der Waals surface area contributed by atoms with Crippen LogP contribution in [0.1, 0.15) is 11.8 Å². The van der Waals surface area contributed by atoms with Crippen molar-refractivity contribution in [3.8, 4) is 0 Å². The maximum atomic E-state index is 12.2. The molecule has 1 saturated heterocycles. The van der Waals surface area contributed by atoms with Gasteiger partial charge >= 0.3 is 12.0 Å². The number of carboxylic acid groups (broad SMARTS) is 1. The van der Waals surface area contributed by atoms with Crippen molar-refractivity contribution in [1.29, 1.82) is 0 Å². The molecule has 7 heteroatoms. The number of aliphatic carboxylic acids is 1. The summed E-state index contributed by atoms with van der Waals surface area (Å²) in [6, 6.07) is 3.01. The molecule has 1 fully saturated rings. The van der Waals surface area contributed by atoms with Crippen LogP contribution in [0.2, 0.25) is 0 Å². The topological polar surface area (TPSA) is 69.6 Å². The van der Waals surface area contributed by atoms with E-state index in [1.54, 1.807) is 23.1 Å². The number of hydrogen-bond acceptors (Lipinski definition) is 4. The Kier molecular flexibility index (Phi) is 5.31. The monoisotopic (exact) mass is 314 g/mol. The predicted octanol–water partition coefficient (Wildman–Crippen LogP) is 1.89. The number of rotatable bonds is 4. The highest BCUT2D eigenvalue weighted by Crippen LogP contribution is 2.17. The van der Waals surface area contributed by atoms with Crippen molar-refractivity contribution in [2.75, 3.05) is 18.1 Å². The highest BCUT2D eigenvalue weighted by Gasteiger charge is 2.32. The summed E-state index contributed by atoms with van der Waals surface area (Å²) in [7, 11) is 0. The fourth-order valence-corrected chi connectivity index (χ4v) is 4.00. The molecule has 0 radical (unpaired) electrons. The average Bonchev–Trinajstić information content (AvgIpc) is 2.91. The summed E-state index contributed by atoms with van der Waals surface area (Å²) >= 11 is 3.23. The molecule has 1 aliphatic heterocycles. The zero-order valence-electron chi connectivity index (χ0n) is 11.2. The summed E-state index contributed by atoms with van der Waals surface area (Å²) in [5.41, 5.74) is 0. The van der Waals surface area contributed by atoms with Crippen molar-refractivity contribution in [2.45, 2.75) is 25.4 Å². The summed E-state index contributed by atoms with van der Waals surface area (Å²) in [6.45, 7) is 2.42. The number of thioether (sulfide) groups is 1. The summed E-state index contributed by atoms with van der Waals surface area (Å²) in [5, 5.41) is 14.1. The third-order valence-electron chi connectivity index (χ3n) is 3.13. The normalized spacial score (nSPS) is 20.4. The summed E-state index contributed by atoms with van der Waals surface area (Å²) < 4.78 is 0. The van der Waals surface area contributed by atoms with Crippen molar-refractivity contribution in [3.63, 3.8) is 0 Å². The van der Waals surface area contributed by atoms with Crippen LogP contribution in [0.25, 0.3) is 0 Å². The fourth-order valence-electron chi connectivity index (χ4n) is 2.13. The van der Waals surface area contributed by atoms with Gasteiger partial charge in [0.25, 0.3) is 0 Å². The highest BCUT2D eigenvalue weighted by molar-refractivity contribution is 7.99. The Bertz CT molecular complexity index is 464. The Morgan fingerprint density at radius 3 is 3.05 bits per heavy atom. The number of urea groups is 1. The minimum absolute atomic E-state index is 0.00910. The van der Waals surface area contributed by atoms with Crippen LogP contribution < -0.4 is 5.32 Å². The van der Waals surface area contributed by atoms with Crippen LogP contribution in [0.15, 0.2) is 17.5 Å². The lowest BCUT2D eigenvalue weighted by molar-refractivity contribution is -0.141. The van der Waals surface area contributed by atoms with Gasteiger partial charge in [0.05, 0.1) is 0 Å². The Morgan fingerprint density at radius 2 is 2.40 bits per heavy atom. The van der Waals surface area contributed by atoms with E-state index >= 15 is 0 Å². The molecular weight excluding hydrogens is 296 g/mol.